The Kier molecular flexibility index (Phi) is 5.85. The highest BCUT2D eigenvalue weighted by molar-refractivity contribution is 8.14. The second-order valence-electron chi connectivity index (χ2n) is 5.73. The minimum absolute atomic E-state index is 0.0348. The third-order valence-corrected chi connectivity index (χ3v) is 4.63. The van der Waals surface area contributed by atoms with Crippen molar-refractivity contribution >= 4 is 34.6 Å². The molecule has 1 aromatic heterocycles. The maximum Gasteiger partial charge on any atom is 0.321 e. The number of nitrogens with one attached hydrogen (secondary N) is 3. The normalized spacial score (nSPS) is 15.9. The molecule has 7 nitrogen and oxygen atoms in total. The van der Waals surface area contributed by atoms with Gasteiger partial charge in [-0.3, -0.25) is 20.1 Å². The van der Waals surface area contributed by atoms with Gasteiger partial charge in [-0.25, -0.2) is 4.79 Å². The molecule has 0 radical (unpaired) electrons. The quantitative estimate of drug-likeness (QED) is 0.772. The second-order valence-corrected chi connectivity index (χ2v) is 6.74. The van der Waals surface area contributed by atoms with Crippen molar-refractivity contribution in [3.63, 3.8) is 0 Å². The van der Waals surface area contributed by atoms with Gasteiger partial charge < -0.3 is 10.6 Å². The van der Waals surface area contributed by atoms with Gasteiger partial charge in [0, 0.05) is 37.3 Å². The first-order chi connectivity index (χ1) is 12.6. The maximum atomic E-state index is 12.1. The molecule has 3 rings (SSSR count). The number of amidine groups is 1. The van der Waals surface area contributed by atoms with Crippen molar-refractivity contribution in [2.24, 2.45) is 4.99 Å². The Balaban J connectivity index is 1.51. The van der Waals surface area contributed by atoms with Crippen molar-refractivity contribution < 1.29 is 9.59 Å². The summed E-state index contributed by atoms with van der Waals surface area (Å²) < 4.78 is 0. The summed E-state index contributed by atoms with van der Waals surface area (Å²) in [7, 11) is 0. The molecule has 0 spiro atoms. The summed E-state index contributed by atoms with van der Waals surface area (Å²) in [6.07, 6.45) is 3.48. The molecule has 0 aliphatic carbocycles. The van der Waals surface area contributed by atoms with E-state index < -0.39 is 0 Å². The molecule has 1 aliphatic rings. The number of carbonyl (C=O) groups is 2. The Labute approximate surface area is 155 Å². The fourth-order valence-corrected chi connectivity index (χ4v) is 3.43. The van der Waals surface area contributed by atoms with Crippen LogP contribution in [-0.4, -0.2) is 27.8 Å². The third-order valence-electron chi connectivity index (χ3n) is 3.66. The van der Waals surface area contributed by atoms with Crippen LogP contribution < -0.4 is 16.0 Å². The molecule has 0 saturated carbocycles. The Bertz CT molecular complexity index is 825. The van der Waals surface area contributed by atoms with E-state index in [-0.39, 0.29) is 18.0 Å². The molecule has 2 heterocycles. The van der Waals surface area contributed by atoms with Crippen LogP contribution in [-0.2, 0) is 11.3 Å². The lowest BCUT2D eigenvalue weighted by molar-refractivity contribution is -0.114. The van der Waals surface area contributed by atoms with Gasteiger partial charge in [0.15, 0.2) is 5.17 Å². The second kappa shape index (κ2) is 8.48. The van der Waals surface area contributed by atoms with Crippen molar-refractivity contribution in [1.29, 1.82) is 0 Å². The lowest BCUT2D eigenvalue weighted by atomic mass is 10.1. The van der Waals surface area contributed by atoms with Crippen LogP contribution in [0.25, 0.3) is 0 Å². The summed E-state index contributed by atoms with van der Waals surface area (Å²) in [6, 6.07) is 10.9. The number of amides is 3. The van der Waals surface area contributed by atoms with Crippen molar-refractivity contribution in [3.05, 3.63) is 59.9 Å². The number of thioether (sulfide) groups is 1. The van der Waals surface area contributed by atoms with E-state index in [4.69, 9.17) is 0 Å². The van der Waals surface area contributed by atoms with Gasteiger partial charge in [0.2, 0.25) is 5.91 Å². The number of carbonyl (C=O) groups excluding carboxylic acids is 2. The SMILES string of the molecule is CC(=O)Nc1cccc(CNC(=O)NC2=NC(c3ccncc3)CS2)c1. The first-order valence-corrected chi connectivity index (χ1v) is 9.10. The number of nitrogens with zero attached hydrogens (tertiary/aromatic N) is 2. The average molecular weight is 369 g/mol. The minimum Gasteiger partial charge on any atom is -0.334 e. The average Bonchev–Trinajstić information content (AvgIpc) is 3.09. The fraction of sp³-hybridized carbons (Fsp3) is 0.222. The Morgan fingerprint density at radius 2 is 2.00 bits per heavy atom. The van der Waals surface area contributed by atoms with Crippen LogP contribution in [0, 0.1) is 0 Å². The molecule has 1 aliphatic heterocycles. The number of anilines is 1. The highest BCUT2D eigenvalue weighted by Gasteiger charge is 2.21. The first-order valence-electron chi connectivity index (χ1n) is 8.12. The van der Waals surface area contributed by atoms with Crippen LogP contribution in [0.3, 0.4) is 0 Å². The molecule has 3 amide bonds. The topological polar surface area (TPSA) is 95.5 Å². The zero-order valence-electron chi connectivity index (χ0n) is 14.2. The number of hydrogen-bond acceptors (Lipinski definition) is 5. The van der Waals surface area contributed by atoms with Gasteiger partial charge >= 0.3 is 6.03 Å². The highest BCUT2D eigenvalue weighted by Crippen LogP contribution is 2.28. The lowest BCUT2D eigenvalue weighted by Crippen LogP contribution is -2.37. The minimum atomic E-state index is -0.309. The molecule has 1 aromatic carbocycles. The molecular weight excluding hydrogens is 350 g/mol. The van der Waals surface area contributed by atoms with Gasteiger partial charge in [-0.05, 0) is 35.4 Å². The van der Waals surface area contributed by atoms with E-state index in [1.54, 1.807) is 18.5 Å². The Hall–Kier alpha value is -2.87. The third kappa shape index (κ3) is 5.06. The summed E-state index contributed by atoms with van der Waals surface area (Å²) in [6.45, 7) is 1.81. The van der Waals surface area contributed by atoms with Crippen LogP contribution >= 0.6 is 11.8 Å². The summed E-state index contributed by atoms with van der Waals surface area (Å²) in [5.41, 5.74) is 2.68. The van der Waals surface area contributed by atoms with E-state index in [9.17, 15) is 9.59 Å². The molecule has 0 bridgehead atoms. The summed E-state index contributed by atoms with van der Waals surface area (Å²) in [5.74, 6) is 0.658. The molecule has 0 saturated heterocycles. The van der Waals surface area contributed by atoms with Gasteiger partial charge in [-0.2, -0.15) is 0 Å². The molecule has 134 valence electrons. The standard InChI is InChI=1S/C18H19N5O2S/c1-12(24)21-15-4-2-3-13(9-15)10-20-17(25)23-18-22-16(11-26-18)14-5-7-19-8-6-14/h2-9,16H,10-11H2,1H3,(H,21,24)(H2,20,22,23,25). The molecule has 26 heavy (non-hydrogen) atoms. The summed E-state index contributed by atoms with van der Waals surface area (Å²) >= 11 is 1.51. The number of pyridine rings is 1. The molecule has 1 unspecified atom stereocenters. The van der Waals surface area contributed by atoms with Gasteiger partial charge in [-0.1, -0.05) is 23.9 Å². The highest BCUT2D eigenvalue weighted by atomic mass is 32.2. The van der Waals surface area contributed by atoms with Gasteiger partial charge in [0.1, 0.15) is 0 Å². The maximum absolute atomic E-state index is 12.1. The van der Waals surface area contributed by atoms with E-state index in [1.165, 1.54) is 18.7 Å². The molecule has 8 heteroatoms. The number of benzene rings is 1. The zero-order chi connectivity index (χ0) is 18.4. The van der Waals surface area contributed by atoms with Crippen molar-refractivity contribution in [3.8, 4) is 0 Å². The Morgan fingerprint density at radius 1 is 1.19 bits per heavy atom. The first kappa shape index (κ1) is 17.9. The zero-order valence-corrected chi connectivity index (χ0v) is 15.0. The number of aliphatic imine (C=N–C) groups is 1. The monoisotopic (exact) mass is 369 g/mol. The van der Waals surface area contributed by atoms with E-state index in [2.05, 4.69) is 25.9 Å². The van der Waals surface area contributed by atoms with Crippen LogP contribution in [0.2, 0.25) is 0 Å². The number of urea groups is 1. The van der Waals surface area contributed by atoms with Crippen molar-refractivity contribution in [2.45, 2.75) is 19.5 Å². The van der Waals surface area contributed by atoms with Crippen LogP contribution in [0.15, 0.2) is 53.8 Å². The Morgan fingerprint density at radius 3 is 2.77 bits per heavy atom. The fourth-order valence-electron chi connectivity index (χ4n) is 2.48. The van der Waals surface area contributed by atoms with Crippen molar-refractivity contribution in [1.82, 2.24) is 15.6 Å². The van der Waals surface area contributed by atoms with E-state index in [1.807, 2.05) is 30.3 Å². The largest absolute Gasteiger partial charge is 0.334 e. The van der Waals surface area contributed by atoms with E-state index in [0.29, 0.717) is 17.4 Å². The molecular formula is C18H19N5O2S. The van der Waals surface area contributed by atoms with Crippen LogP contribution in [0.4, 0.5) is 10.5 Å². The molecule has 3 N–H and O–H groups in total. The number of rotatable bonds is 4. The van der Waals surface area contributed by atoms with Gasteiger partial charge in [0.25, 0.3) is 0 Å². The van der Waals surface area contributed by atoms with Crippen LogP contribution in [0.1, 0.15) is 24.1 Å². The van der Waals surface area contributed by atoms with Crippen molar-refractivity contribution in [2.75, 3.05) is 11.1 Å². The van der Waals surface area contributed by atoms with Gasteiger partial charge in [-0.15, -0.1) is 0 Å². The number of aromatic nitrogens is 1. The van der Waals surface area contributed by atoms with E-state index in [0.717, 1.165) is 16.9 Å². The predicted octanol–water partition coefficient (Wildman–Crippen LogP) is 2.68. The summed E-state index contributed by atoms with van der Waals surface area (Å²) in [5, 5.41) is 8.89. The smallest absolute Gasteiger partial charge is 0.321 e. The molecule has 1 atom stereocenters. The van der Waals surface area contributed by atoms with Crippen LogP contribution in [0.5, 0.6) is 0 Å². The van der Waals surface area contributed by atoms with Gasteiger partial charge in [0.05, 0.1) is 6.04 Å². The summed E-state index contributed by atoms with van der Waals surface area (Å²) in [4.78, 5) is 31.7. The molecule has 2 aromatic rings. The predicted molar refractivity (Wildman–Crippen MR) is 103 cm³/mol. The lowest BCUT2D eigenvalue weighted by Gasteiger charge is -2.08. The van der Waals surface area contributed by atoms with E-state index >= 15 is 0 Å². The number of hydrogen-bond donors (Lipinski definition) is 3. The molecule has 0 fully saturated rings.